The number of amides is 3. The second-order valence-electron chi connectivity index (χ2n) is 11.6. The maximum absolute atomic E-state index is 13.5. The predicted molar refractivity (Wildman–Crippen MR) is 188 cm³/mol. The van der Waals surface area contributed by atoms with Crippen molar-refractivity contribution in [1.29, 1.82) is 0 Å². The lowest BCUT2D eigenvalue weighted by atomic mass is 10.1. The van der Waals surface area contributed by atoms with Crippen LogP contribution in [0.15, 0.2) is 97.1 Å². The summed E-state index contributed by atoms with van der Waals surface area (Å²) in [7, 11) is 0. The van der Waals surface area contributed by atoms with Gasteiger partial charge in [0.15, 0.2) is 0 Å². The maximum Gasteiger partial charge on any atom is 0.323 e. The number of anilines is 4. The zero-order valence-electron chi connectivity index (χ0n) is 25.8. The Morgan fingerprint density at radius 3 is 2.32 bits per heavy atom. The molecule has 0 radical (unpaired) electrons. The van der Waals surface area contributed by atoms with Gasteiger partial charge in [-0.25, -0.2) is 4.79 Å². The third-order valence-electron chi connectivity index (χ3n) is 8.41. The molecule has 0 saturated carbocycles. The summed E-state index contributed by atoms with van der Waals surface area (Å²) in [5.41, 5.74) is 5.70. The van der Waals surface area contributed by atoms with Crippen LogP contribution in [0.4, 0.5) is 33.2 Å². The molecule has 4 aromatic rings. The number of urea groups is 1. The molecule has 0 aliphatic carbocycles. The number of carbonyl (C=O) groups excluding carboxylic acids is 2. The van der Waals surface area contributed by atoms with Crippen LogP contribution >= 0.6 is 11.6 Å². The molecule has 2 N–H and O–H groups in total. The fraction of sp³-hybridized carbons (Fsp3) is 0.222. The zero-order chi connectivity index (χ0) is 32.8. The summed E-state index contributed by atoms with van der Waals surface area (Å²) in [6.45, 7) is 5.07. The van der Waals surface area contributed by atoms with Crippen molar-refractivity contribution in [1.82, 2.24) is 4.90 Å². The van der Waals surface area contributed by atoms with Crippen LogP contribution in [-0.2, 0) is 17.6 Å². The van der Waals surface area contributed by atoms with Gasteiger partial charge in [0.05, 0.1) is 22.1 Å². The van der Waals surface area contributed by atoms with Gasteiger partial charge in [-0.1, -0.05) is 72.3 Å². The summed E-state index contributed by atoms with van der Waals surface area (Å²) in [4.78, 5) is 42.9. The first-order valence-corrected chi connectivity index (χ1v) is 15.9. The monoisotopic (exact) mass is 650 g/mol. The summed E-state index contributed by atoms with van der Waals surface area (Å²) >= 11 is 6.77. The molecular formula is C36H35ClN6O4. The lowest BCUT2D eigenvalue weighted by Gasteiger charge is -2.36. The highest BCUT2D eigenvalue weighted by molar-refractivity contribution is 6.33. The Labute approximate surface area is 278 Å². The van der Waals surface area contributed by atoms with E-state index in [9.17, 15) is 19.7 Å². The van der Waals surface area contributed by atoms with Gasteiger partial charge in [0.1, 0.15) is 0 Å². The number of non-ortho nitro benzene ring substituents is 1. The van der Waals surface area contributed by atoms with E-state index in [0.29, 0.717) is 22.9 Å². The van der Waals surface area contributed by atoms with E-state index in [1.165, 1.54) is 23.8 Å². The number of fused-ring (bicyclic) bond motifs is 1. The number of nitrogens with one attached hydrogen (secondary N) is 2. The Kier molecular flexibility index (Phi) is 9.80. The van der Waals surface area contributed by atoms with Gasteiger partial charge in [0, 0.05) is 68.5 Å². The molecule has 2 aliphatic heterocycles. The molecule has 47 heavy (non-hydrogen) atoms. The van der Waals surface area contributed by atoms with Crippen LogP contribution in [-0.4, -0.2) is 61.0 Å². The number of nitro groups is 1. The first-order chi connectivity index (χ1) is 22.8. The molecule has 0 spiro atoms. The quantitative estimate of drug-likeness (QED) is 0.151. The smallest absolute Gasteiger partial charge is 0.323 e. The molecule has 2 heterocycles. The van der Waals surface area contributed by atoms with Gasteiger partial charge in [-0.15, -0.1) is 0 Å². The van der Waals surface area contributed by atoms with Crippen LogP contribution < -0.4 is 20.4 Å². The van der Waals surface area contributed by atoms with Crippen LogP contribution in [0.5, 0.6) is 0 Å². The Morgan fingerprint density at radius 2 is 1.57 bits per heavy atom. The first-order valence-electron chi connectivity index (χ1n) is 15.6. The fourth-order valence-electron chi connectivity index (χ4n) is 5.94. The highest BCUT2D eigenvalue weighted by Crippen LogP contribution is 2.38. The number of hydrogen-bond acceptors (Lipinski definition) is 6. The van der Waals surface area contributed by atoms with E-state index in [4.69, 9.17) is 11.6 Å². The van der Waals surface area contributed by atoms with Crippen molar-refractivity contribution in [3.05, 3.63) is 129 Å². The molecule has 11 heteroatoms. The average molecular weight is 651 g/mol. The number of halogens is 1. The summed E-state index contributed by atoms with van der Waals surface area (Å²) in [5, 5.41) is 17.0. The van der Waals surface area contributed by atoms with E-state index in [-0.39, 0.29) is 18.0 Å². The summed E-state index contributed by atoms with van der Waals surface area (Å²) in [6.07, 6.45) is 5.34. The molecule has 0 atom stereocenters. The first kappa shape index (κ1) is 31.8. The van der Waals surface area contributed by atoms with Crippen molar-refractivity contribution in [2.45, 2.75) is 12.8 Å². The van der Waals surface area contributed by atoms with E-state index in [1.54, 1.807) is 30.3 Å². The van der Waals surface area contributed by atoms with E-state index < -0.39 is 11.0 Å². The molecular weight excluding hydrogens is 616 g/mol. The molecule has 0 bridgehead atoms. The van der Waals surface area contributed by atoms with Crippen LogP contribution in [0.3, 0.4) is 0 Å². The molecule has 240 valence electrons. The highest BCUT2D eigenvalue weighted by Gasteiger charge is 2.28. The van der Waals surface area contributed by atoms with E-state index in [0.717, 1.165) is 61.6 Å². The second kappa shape index (κ2) is 14.5. The molecule has 10 nitrogen and oxygen atoms in total. The summed E-state index contributed by atoms with van der Waals surface area (Å²) in [6, 6.07) is 26.6. The average Bonchev–Trinajstić information content (AvgIpc) is 3.49. The van der Waals surface area contributed by atoms with Gasteiger partial charge in [-0.05, 0) is 53.4 Å². The van der Waals surface area contributed by atoms with E-state index >= 15 is 0 Å². The van der Waals surface area contributed by atoms with E-state index in [1.807, 2.05) is 29.2 Å². The van der Waals surface area contributed by atoms with Crippen molar-refractivity contribution in [3.8, 4) is 0 Å². The molecule has 0 aromatic heterocycles. The third kappa shape index (κ3) is 7.97. The lowest BCUT2D eigenvalue weighted by Crippen LogP contribution is -2.46. The minimum absolute atomic E-state index is 0.00355. The Morgan fingerprint density at radius 1 is 0.830 bits per heavy atom. The number of benzene rings is 4. The number of carbonyl (C=O) groups is 2. The van der Waals surface area contributed by atoms with Crippen LogP contribution in [0.1, 0.15) is 16.7 Å². The third-order valence-corrected chi connectivity index (χ3v) is 8.72. The van der Waals surface area contributed by atoms with Gasteiger partial charge in [0.25, 0.3) is 5.69 Å². The molecule has 3 amide bonds. The van der Waals surface area contributed by atoms with Gasteiger partial charge in [-0.2, -0.15) is 0 Å². The number of hydrogen-bond donors (Lipinski definition) is 2. The highest BCUT2D eigenvalue weighted by atomic mass is 35.5. The predicted octanol–water partition coefficient (Wildman–Crippen LogP) is 6.86. The van der Waals surface area contributed by atoms with Crippen molar-refractivity contribution in [3.63, 3.8) is 0 Å². The second-order valence-corrected chi connectivity index (χ2v) is 12.0. The van der Waals surface area contributed by atoms with E-state index in [2.05, 4.69) is 50.8 Å². The van der Waals surface area contributed by atoms with Crippen molar-refractivity contribution >= 4 is 58.1 Å². The number of rotatable bonds is 9. The molecule has 1 fully saturated rings. The SMILES string of the molecule is O=C(Nc1ccc(CC(=O)N2CCc3cc(Cl)c(N4CCN(C/C=C/c5ccccc5)CC4)cc32)cc1)Nc1cccc([N+](=O)[O-])c1. The van der Waals surface area contributed by atoms with Crippen LogP contribution in [0.2, 0.25) is 5.02 Å². The van der Waals surface area contributed by atoms with Gasteiger partial charge >= 0.3 is 6.03 Å². The van der Waals surface area contributed by atoms with Crippen molar-refractivity contribution in [2.75, 3.05) is 59.7 Å². The normalized spacial score (nSPS) is 14.7. The molecule has 0 unspecified atom stereocenters. The van der Waals surface area contributed by atoms with Gasteiger partial charge < -0.3 is 20.4 Å². The van der Waals surface area contributed by atoms with Crippen molar-refractivity contribution < 1.29 is 14.5 Å². The number of nitro benzene ring substituents is 1. The van der Waals surface area contributed by atoms with Crippen LogP contribution in [0.25, 0.3) is 6.08 Å². The standard InChI is InChI=1S/C36H35ClN6O4/c37-32-23-28-15-17-42(33(28)25-34(32)41-20-18-40(19-21-41)16-5-8-26-6-2-1-3-7-26)35(44)22-27-11-13-29(14-12-27)38-36(45)39-30-9-4-10-31(24-30)43(46)47/h1-14,23-25H,15-22H2,(H2,38,39,45)/b8-5+. The Hall–Kier alpha value is -5.19. The topological polar surface area (TPSA) is 111 Å². The van der Waals surface area contributed by atoms with Crippen molar-refractivity contribution in [2.24, 2.45) is 0 Å². The number of piperazine rings is 1. The van der Waals surface area contributed by atoms with Crippen LogP contribution in [0, 0.1) is 10.1 Å². The Bertz CT molecular complexity index is 1790. The summed E-state index contributed by atoms with van der Waals surface area (Å²) in [5.74, 6) is -0.00355. The Balaban J connectivity index is 1.03. The van der Waals surface area contributed by atoms with Gasteiger partial charge in [-0.3, -0.25) is 19.8 Å². The largest absolute Gasteiger partial charge is 0.368 e. The fourth-order valence-corrected chi connectivity index (χ4v) is 6.24. The minimum Gasteiger partial charge on any atom is -0.368 e. The number of nitrogens with zero attached hydrogens (tertiary/aromatic N) is 4. The lowest BCUT2D eigenvalue weighted by molar-refractivity contribution is -0.384. The molecule has 4 aromatic carbocycles. The maximum atomic E-state index is 13.5. The molecule has 1 saturated heterocycles. The molecule has 2 aliphatic rings. The molecule has 6 rings (SSSR count). The summed E-state index contributed by atoms with van der Waals surface area (Å²) < 4.78 is 0. The minimum atomic E-state index is -0.529. The zero-order valence-corrected chi connectivity index (χ0v) is 26.5. The van der Waals surface area contributed by atoms with Gasteiger partial charge in [0.2, 0.25) is 5.91 Å².